The van der Waals surface area contributed by atoms with Gasteiger partial charge in [0.2, 0.25) is 17.6 Å². The molecule has 2 heterocycles. The number of amides is 1. The van der Waals surface area contributed by atoms with Crippen LogP contribution in [-0.4, -0.2) is 21.0 Å². The number of nitrogens with one attached hydrogen (secondary N) is 1. The number of aryl methyl sites for hydroxylation is 1. The van der Waals surface area contributed by atoms with Gasteiger partial charge in [-0.1, -0.05) is 59.0 Å². The lowest BCUT2D eigenvalue weighted by Gasteiger charge is -1.98. The SMILES string of the molecule is O=C(CCc1nc(-c2ccccc2)no1)Nc1nc2ccccc2s1. The third-order valence-electron chi connectivity index (χ3n) is 3.61. The van der Waals surface area contributed by atoms with E-state index in [1.54, 1.807) is 0 Å². The Morgan fingerprint density at radius 3 is 2.68 bits per heavy atom. The fourth-order valence-electron chi connectivity index (χ4n) is 2.39. The average molecular weight is 350 g/mol. The van der Waals surface area contributed by atoms with Crippen molar-refractivity contribution >= 4 is 32.6 Å². The second-order valence-corrected chi connectivity index (χ2v) is 6.44. The molecule has 0 spiro atoms. The molecule has 7 heteroatoms. The number of carbonyl (C=O) groups excluding carboxylic acids is 1. The van der Waals surface area contributed by atoms with Crippen molar-refractivity contribution in [2.45, 2.75) is 12.8 Å². The number of anilines is 1. The van der Waals surface area contributed by atoms with Crippen LogP contribution in [0.5, 0.6) is 0 Å². The Hall–Kier alpha value is -3.06. The molecule has 124 valence electrons. The van der Waals surface area contributed by atoms with E-state index in [9.17, 15) is 4.79 Å². The molecule has 0 saturated carbocycles. The molecular formula is C18H14N4O2S. The van der Waals surface area contributed by atoms with Gasteiger partial charge >= 0.3 is 0 Å². The Bertz CT molecular complexity index is 977. The van der Waals surface area contributed by atoms with Crippen LogP contribution in [0.15, 0.2) is 59.1 Å². The lowest BCUT2D eigenvalue weighted by Crippen LogP contribution is -2.12. The van der Waals surface area contributed by atoms with Crippen LogP contribution in [0.25, 0.3) is 21.6 Å². The number of fused-ring (bicyclic) bond motifs is 1. The lowest BCUT2D eigenvalue weighted by atomic mass is 10.2. The third-order valence-corrected chi connectivity index (χ3v) is 4.56. The first kappa shape index (κ1) is 15.5. The van der Waals surface area contributed by atoms with E-state index in [0.717, 1.165) is 15.8 Å². The minimum atomic E-state index is -0.126. The minimum absolute atomic E-state index is 0.126. The van der Waals surface area contributed by atoms with E-state index in [-0.39, 0.29) is 12.3 Å². The van der Waals surface area contributed by atoms with Crippen molar-refractivity contribution in [1.82, 2.24) is 15.1 Å². The van der Waals surface area contributed by atoms with E-state index >= 15 is 0 Å². The van der Waals surface area contributed by atoms with E-state index < -0.39 is 0 Å². The number of rotatable bonds is 5. The summed E-state index contributed by atoms with van der Waals surface area (Å²) in [4.78, 5) is 20.8. The molecule has 2 aromatic carbocycles. The highest BCUT2D eigenvalue weighted by molar-refractivity contribution is 7.22. The Morgan fingerprint density at radius 2 is 1.84 bits per heavy atom. The summed E-state index contributed by atoms with van der Waals surface area (Å²) in [6, 6.07) is 17.4. The molecule has 1 amide bonds. The number of para-hydroxylation sites is 1. The summed E-state index contributed by atoms with van der Waals surface area (Å²) >= 11 is 1.45. The highest BCUT2D eigenvalue weighted by atomic mass is 32.1. The molecule has 0 fully saturated rings. The van der Waals surface area contributed by atoms with Crippen molar-refractivity contribution in [2.75, 3.05) is 5.32 Å². The summed E-state index contributed by atoms with van der Waals surface area (Å²) in [5.41, 5.74) is 1.77. The van der Waals surface area contributed by atoms with Crippen molar-refractivity contribution in [3.05, 3.63) is 60.5 Å². The zero-order chi connectivity index (χ0) is 17.1. The van der Waals surface area contributed by atoms with Crippen LogP contribution in [-0.2, 0) is 11.2 Å². The molecule has 0 aliphatic carbocycles. The van der Waals surface area contributed by atoms with Gasteiger partial charge in [0.1, 0.15) is 0 Å². The number of carbonyl (C=O) groups is 1. The predicted molar refractivity (Wildman–Crippen MR) is 96.3 cm³/mol. The van der Waals surface area contributed by atoms with E-state index in [4.69, 9.17) is 4.52 Å². The molecule has 0 atom stereocenters. The maximum atomic E-state index is 12.1. The lowest BCUT2D eigenvalue weighted by molar-refractivity contribution is -0.116. The summed E-state index contributed by atoms with van der Waals surface area (Å²) in [6.45, 7) is 0. The molecule has 25 heavy (non-hydrogen) atoms. The van der Waals surface area contributed by atoms with Crippen molar-refractivity contribution < 1.29 is 9.32 Å². The molecule has 1 N–H and O–H groups in total. The van der Waals surface area contributed by atoms with Crippen LogP contribution in [0.3, 0.4) is 0 Å². The zero-order valence-corrected chi connectivity index (χ0v) is 14.0. The summed E-state index contributed by atoms with van der Waals surface area (Å²) in [5.74, 6) is 0.846. The summed E-state index contributed by atoms with van der Waals surface area (Å²) < 4.78 is 6.26. The predicted octanol–water partition coefficient (Wildman–Crippen LogP) is 3.92. The molecule has 0 unspecified atom stereocenters. The maximum absolute atomic E-state index is 12.1. The van der Waals surface area contributed by atoms with Gasteiger partial charge < -0.3 is 9.84 Å². The largest absolute Gasteiger partial charge is 0.339 e. The summed E-state index contributed by atoms with van der Waals surface area (Å²) in [6.07, 6.45) is 0.642. The molecule has 6 nitrogen and oxygen atoms in total. The monoisotopic (exact) mass is 350 g/mol. The van der Waals surface area contributed by atoms with Gasteiger partial charge in [0.25, 0.3) is 0 Å². The van der Waals surface area contributed by atoms with E-state index in [1.165, 1.54) is 11.3 Å². The topological polar surface area (TPSA) is 80.9 Å². The molecule has 0 aliphatic heterocycles. The first-order valence-electron chi connectivity index (χ1n) is 7.81. The van der Waals surface area contributed by atoms with Crippen LogP contribution >= 0.6 is 11.3 Å². The van der Waals surface area contributed by atoms with Gasteiger partial charge in [-0.3, -0.25) is 4.79 Å². The summed E-state index contributed by atoms with van der Waals surface area (Å²) in [7, 11) is 0. The fraction of sp³-hybridized carbons (Fsp3) is 0.111. The van der Waals surface area contributed by atoms with Gasteiger partial charge in [-0.2, -0.15) is 4.98 Å². The number of hydrogen-bond donors (Lipinski definition) is 1. The number of nitrogens with zero attached hydrogens (tertiary/aromatic N) is 3. The van der Waals surface area contributed by atoms with Crippen LogP contribution in [0.1, 0.15) is 12.3 Å². The van der Waals surface area contributed by atoms with Gasteiger partial charge in [-0.25, -0.2) is 4.98 Å². The van der Waals surface area contributed by atoms with Crippen LogP contribution in [0, 0.1) is 0 Å². The number of hydrogen-bond acceptors (Lipinski definition) is 6. The Kier molecular flexibility index (Phi) is 4.22. The molecule has 0 saturated heterocycles. The van der Waals surface area contributed by atoms with Gasteiger partial charge in [-0.05, 0) is 12.1 Å². The molecule has 0 bridgehead atoms. The quantitative estimate of drug-likeness (QED) is 0.590. The van der Waals surface area contributed by atoms with Crippen LogP contribution < -0.4 is 5.32 Å². The second-order valence-electron chi connectivity index (χ2n) is 5.41. The summed E-state index contributed by atoms with van der Waals surface area (Å²) in [5, 5.41) is 7.37. The van der Waals surface area contributed by atoms with Gasteiger partial charge in [0.05, 0.1) is 10.2 Å². The van der Waals surface area contributed by atoms with Crippen molar-refractivity contribution in [1.29, 1.82) is 0 Å². The minimum Gasteiger partial charge on any atom is -0.339 e. The molecule has 4 rings (SSSR count). The zero-order valence-electron chi connectivity index (χ0n) is 13.2. The van der Waals surface area contributed by atoms with E-state index in [2.05, 4.69) is 20.4 Å². The third kappa shape index (κ3) is 3.56. The maximum Gasteiger partial charge on any atom is 0.227 e. The fourth-order valence-corrected chi connectivity index (χ4v) is 3.27. The van der Waals surface area contributed by atoms with E-state index in [0.29, 0.717) is 23.3 Å². The van der Waals surface area contributed by atoms with Crippen LogP contribution in [0.2, 0.25) is 0 Å². The number of aromatic nitrogens is 3. The Labute approximate surface area is 147 Å². The number of thiazole rings is 1. The van der Waals surface area contributed by atoms with Gasteiger partial charge in [-0.15, -0.1) is 0 Å². The van der Waals surface area contributed by atoms with Crippen molar-refractivity contribution in [2.24, 2.45) is 0 Å². The average Bonchev–Trinajstić information content (AvgIpc) is 3.27. The molecule has 2 aromatic heterocycles. The van der Waals surface area contributed by atoms with Gasteiger partial charge in [0, 0.05) is 18.4 Å². The first-order valence-corrected chi connectivity index (χ1v) is 8.63. The second kappa shape index (κ2) is 6.82. The molecule has 0 radical (unpaired) electrons. The van der Waals surface area contributed by atoms with Crippen molar-refractivity contribution in [3.63, 3.8) is 0 Å². The van der Waals surface area contributed by atoms with Crippen molar-refractivity contribution in [3.8, 4) is 11.4 Å². The smallest absolute Gasteiger partial charge is 0.227 e. The standard InChI is InChI=1S/C18H14N4O2S/c23-15(20-18-19-13-8-4-5-9-14(13)25-18)10-11-16-21-17(22-24-16)12-6-2-1-3-7-12/h1-9H,10-11H2,(H,19,20,23). The van der Waals surface area contributed by atoms with Crippen LogP contribution in [0.4, 0.5) is 5.13 Å². The first-order chi connectivity index (χ1) is 12.3. The highest BCUT2D eigenvalue weighted by Crippen LogP contribution is 2.25. The number of benzene rings is 2. The Balaban J connectivity index is 1.36. The molecule has 4 aromatic rings. The highest BCUT2D eigenvalue weighted by Gasteiger charge is 2.12. The molecular weight excluding hydrogens is 336 g/mol. The van der Waals surface area contributed by atoms with E-state index in [1.807, 2.05) is 54.6 Å². The Morgan fingerprint density at radius 1 is 1.04 bits per heavy atom. The van der Waals surface area contributed by atoms with Gasteiger partial charge in [0.15, 0.2) is 5.13 Å². The molecule has 0 aliphatic rings. The normalized spacial score (nSPS) is 10.9.